The van der Waals surface area contributed by atoms with E-state index >= 15 is 0 Å². The van der Waals surface area contributed by atoms with E-state index in [1.165, 1.54) is 38.5 Å². The SMILES string of the molecule is O=CNc1cccc(NC(=O)NC2CCCCC2)c1NC1CCCCC1. The van der Waals surface area contributed by atoms with Gasteiger partial charge in [-0.1, -0.05) is 44.6 Å². The Morgan fingerprint density at radius 2 is 1.50 bits per heavy atom. The van der Waals surface area contributed by atoms with Gasteiger partial charge in [0.2, 0.25) is 6.41 Å². The third kappa shape index (κ3) is 5.13. The number of nitrogens with one attached hydrogen (secondary N) is 4. The van der Waals surface area contributed by atoms with Gasteiger partial charge in [0.15, 0.2) is 0 Å². The first-order valence-corrected chi connectivity index (χ1v) is 9.93. The highest BCUT2D eigenvalue weighted by atomic mass is 16.2. The van der Waals surface area contributed by atoms with Crippen LogP contribution in [0.4, 0.5) is 21.9 Å². The molecule has 142 valence electrons. The smallest absolute Gasteiger partial charge is 0.319 e. The van der Waals surface area contributed by atoms with Crippen LogP contribution in [0, 0.1) is 0 Å². The zero-order chi connectivity index (χ0) is 18.2. The van der Waals surface area contributed by atoms with Crippen molar-refractivity contribution >= 4 is 29.5 Å². The molecule has 2 aliphatic carbocycles. The molecule has 1 aromatic carbocycles. The minimum Gasteiger partial charge on any atom is -0.379 e. The van der Waals surface area contributed by atoms with Gasteiger partial charge in [-0.2, -0.15) is 0 Å². The van der Waals surface area contributed by atoms with E-state index < -0.39 is 0 Å². The number of hydrogen-bond donors (Lipinski definition) is 4. The van der Waals surface area contributed by atoms with Crippen molar-refractivity contribution in [3.8, 4) is 0 Å². The largest absolute Gasteiger partial charge is 0.379 e. The molecule has 3 amide bonds. The fourth-order valence-corrected chi connectivity index (χ4v) is 4.04. The highest BCUT2D eigenvalue weighted by Gasteiger charge is 2.19. The molecule has 6 heteroatoms. The van der Waals surface area contributed by atoms with Crippen molar-refractivity contribution in [1.29, 1.82) is 0 Å². The van der Waals surface area contributed by atoms with Crippen molar-refractivity contribution in [2.45, 2.75) is 76.3 Å². The summed E-state index contributed by atoms with van der Waals surface area (Å²) in [5.41, 5.74) is 2.20. The summed E-state index contributed by atoms with van der Waals surface area (Å²) in [6.07, 6.45) is 12.3. The van der Waals surface area contributed by atoms with Crippen molar-refractivity contribution in [2.24, 2.45) is 0 Å². The third-order valence-electron chi connectivity index (χ3n) is 5.42. The number of amides is 3. The molecule has 0 bridgehead atoms. The lowest BCUT2D eigenvalue weighted by molar-refractivity contribution is -0.105. The zero-order valence-electron chi connectivity index (χ0n) is 15.4. The standard InChI is InChI=1S/C20H30N4O2/c25-14-21-17-12-7-13-18(19(17)22-15-8-3-1-4-9-15)24-20(26)23-16-10-5-2-6-11-16/h7,12-16,22H,1-6,8-11H2,(H,21,25)(H2,23,24,26). The Morgan fingerprint density at radius 3 is 2.15 bits per heavy atom. The summed E-state index contributed by atoms with van der Waals surface area (Å²) >= 11 is 0. The average molecular weight is 358 g/mol. The van der Waals surface area contributed by atoms with Gasteiger partial charge in [-0.15, -0.1) is 0 Å². The summed E-state index contributed by atoms with van der Waals surface area (Å²) < 4.78 is 0. The molecule has 0 atom stereocenters. The quantitative estimate of drug-likeness (QED) is 0.567. The lowest BCUT2D eigenvalue weighted by atomic mass is 9.95. The van der Waals surface area contributed by atoms with Crippen LogP contribution in [0.15, 0.2) is 18.2 Å². The fourth-order valence-electron chi connectivity index (χ4n) is 4.04. The van der Waals surface area contributed by atoms with E-state index in [4.69, 9.17) is 0 Å². The van der Waals surface area contributed by atoms with Crippen molar-refractivity contribution in [3.63, 3.8) is 0 Å². The van der Waals surface area contributed by atoms with E-state index in [9.17, 15) is 9.59 Å². The highest BCUT2D eigenvalue weighted by Crippen LogP contribution is 2.33. The maximum Gasteiger partial charge on any atom is 0.319 e. The molecule has 0 aliphatic heterocycles. The molecule has 2 saturated carbocycles. The minimum absolute atomic E-state index is 0.174. The normalized spacial score (nSPS) is 18.8. The molecule has 2 aliphatic rings. The molecule has 3 rings (SSSR count). The van der Waals surface area contributed by atoms with Gasteiger partial charge in [-0.05, 0) is 37.8 Å². The molecule has 0 radical (unpaired) electrons. The van der Waals surface area contributed by atoms with Crippen molar-refractivity contribution in [2.75, 3.05) is 16.0 Å². The summed E-state index contributed by atoms with van der Waals surface area (Å²) in [6.45, 7) is 0. The van der Waals surface area contributed by atoms with Crippen molar-refractivity contribution in [3.05, 3.63) is 18.2 Å². The van der Waals surface area contributed by atoms with Gasteiger partial charge in [-0.3, -0.25) is 4.79 Å². The first-order valence-electron chi connectivity index (χ1n) is 9.93. The molecule has 0 unspecified atom stereocenters. The Hall–Kier alpha value is -2.24. The van der Waals surface area contributed by atoms with Crippen LogP contribution in [0.2, 0.25) is 0 Å². The van der Waals surface area contributed by atoms with Crippen LogP contribution < -0.4 is 21.3 Å². The second-order valence-electron chi connectivity index (χ2n) is 7.40. The van der Waals surface area contributed by atoms with E-state index in [-0.39, 0.29) is 12.1 Å². The monoisotopic (exact) mass is 358 g/mol. The summed E-state index contributed by atoms with van der Waals surface area (Å²) in [5, 5.41) is 12.4. The number of carbonyl (C=O) groups is 2. The summed E-state index contributed by atoms with van der Waals surface area (Å²) in [7, 11) is 0. The van der Waals surface area contributed by atoms with Crippen molar-refractivity contribution < 1.29 is 9.59 Å². The van der Waals surface area contributed by atoms with E-state index in [0.29, 0.717) is 23.8 Å². The minimum atomic E-state index is -0.174. The number of anilines is 3. The van der Waals surface area contributed by atoms with Crippen LogP contribution in [-0.2, 0) is 4.79 Å². The van der Waals surface area contributed by atoms with Crippen LogP contribution >= 0.6 is 0 Å². The predicted octanol–water partition coefficient (Wildman–Crippen LogP) is 4.45. The third-order valence-corrected chi connectivity index (χ3v) is 5.42. The van der Waals surface area contributed by atoms with Gasteiger partial charge < -0.3 is 21.3 Å². The van der Waals surface area contributed by atoms with Gasteiger partial charge in [0, 0.05) is 12.1 Å². The van der Waals surface area contributed by atoms with Crippen LogP contribution in [-0.4, -0.2) is 24.5 Å². The molecule has 1 aromatic rings. The van der Waals surface area contributed by atoms with Crippen LogP contribution in [0.5, 0.6) is 0 Å². The van der Waals surface area contributed by atoms with Crippen molar-refractivity contribution in [1.82, 2.24) is 5.32 Å². The Morgan fingerprint density at radius 1 is 0.885 bits per heavy atom. The van der Waals surface area contributed by atoms with Gasteiger partial charge in [0.1, 0.15) is 0 Å². The number of benzene rings is 1. The number of carbonyl (C=O) groups excluding carboxylic acids is 2. The van der Waals surface area contributed by atoms with Gasteiger partial charge >= 0.3 is 6.03 Å². The second kappa shape index (κ2) is 9.46. The maximum absolute atomic E-state index is 12.5. The molecular weight excluding hydrogens is 328 g/mol. The lowest BCUT2D eigenvalue weighted by Gasteiger charge is -2.27. The highest BCUT2D eigenvalue weighted by molar-refractivity contribution is 5.97. The number of urea groups is 1. The Bertz CT molecular complexity index is 608. The number of hydrogen-bond acceptors (Lipinski definition) is 3. The van der Waals surface area contributed by atoms with E-state index in [1.807, 2.05) is 18.2 Å². The Kier molecular flexibility index (Phi) is 6.75. The molecule has 2 fully saturated rings. The summed E-state index contributed by atoms with van der Waals surface area (Å²) in [4.78, 5) is 23.4. The van der Waals surface area contributed by atoms with Gasteiger partial charge in [0.05, 0.1) is 17.1 Å². The van der Waals surface area contributed by atoms with E-state index in [1.54, 1.807) is 0 Å². The molecule has 0 saturated heterocycles. The lowest BCUT2D eigenvalue weighted by Crippen LogP contribution is -2.39. The first-order chi connectivity index (χ1) is 12.8. The predicted molar refractivity (Wildman–Crippen MR) is 106 cm³/mol. The molecule has 4 N–H and O–H groups in total. The van der Waals surface area contributed by atoms with Gasteiger partial charge in [0.25, 0.3) is 0 Å². The number of para-hydroxylation sites is 1. The molecule has 6 nitrogen and oxygen atoms in total. The Labute approximate surface area is 155 Å². The molecule has 0 spiro atoms. The topological polar surface area (TPSA) is 82.3 Å². The van der Waals surface area contributed by atoms with Crippen LogP contribution in [0.3, 0.4) is 0 Å². The van der Waals surface area contributed by atoms with Crippen LogP contribution in [0.25, 0.3) is 0 Å². The second-order valence-corrected chi connectivity index (χ2v) is 7.40. The number of rotatable bonds is 6. The molecule has 0 aromatic heterocycles. The summed E-state index contributed by atoms with van der Waals surface area (Å²) in [6, 6.07) is 6.03. The van der Waals surface area contributed by atoms with E-state index in [2.05, 4.69) is 21.3 Å². The fraction of sp³-hybridized carbons (Fsp3) is 0.600. The molecular formula is C20H30N4O2. The average Bonchev–Trinajstić information content (AvgIpc) is 2.66. The zero-order valence-corrected chi connectivity index (χ0v) is 15.4. The van der Waals surface area contributed by atoms with E-state index in [0.717, 1.165) is 31.4 Å². The first kappa shape index (κ1) is 18.5. The molecule has 26 heavy (non-hydrogen) atoms. The molecule has 0 heterocycles. The summed E-state index contributed by atoms with van der Waals surface area (Å²) in [5.74, 6) is 0. The Balaban J connectivity index is 1.70. The van der Waals surface area contributed by atoms with Crippen LogP contribution in [0.1, 0.15) is 64.2 Å². The van der Waals surface area contributed by atoms with Gasteiger partial charge in [-0.25, -0.2) is 4.79 Å². The maximum atomic E-state index is 12.5.